The van der Waals surface area contributed by atoms with Crippen molar-refractivity contribution in [1.82, 2.24) is 0 Å². The summed E-state index contributed by atoms with van der Waals surface area (Å²) < 4.78 is 86.6. The van der Waals surface area contributed by atoms with Crippen LogP contribution in [0.5, 0.6) is 28.7 Å². The molecule has 0 spiro atoms. The second-order valence-corrected chi connectivity index (χ2v) is 8.46. The lowest BCUT2D eigenvalue weighted by Gasteiger charge is -2.20. The monoisotopic (exact) mass is 531 g/mol. The molecule has 0 aliphatic carbocycles. The molecular formula is C23H25F3NO8P. The Morgan fingerprint density at radius 1 is 0.861 bits per heavy atom. The zero-order valence-electron chi connectivity index (χ0n) is 20.0. The number of methoxy groups -OCH3 is 4. The number of rotatable bonds is 13. The van der Waals surface area contributed by atoms with Crippen molar-refractivity contribution in [3.8, 4) is 34.8 Å². The van der Waals surface area contributed by atoms with Crippen LogP contribution in [0.3, 0.4) is 0 Å². The van der Waals surface area contributed by atoms with E-state index >= 15 is 0 Å². The maximum atomic E-state index is 12.9. The molecule has 0 saturated heterocycles. The molecule has 36 heavy (non-hydrogen) atoms. The molecular weight excluding hydrogens is 506 g/mol. The quantitative estimate of drug-likeness (QED) is 0.178. The van der Waals surface area contributed by atoms with Gasteiger partial charge in [-0.15, -0.1) is 0 Å². The number of halogens is 3. The number of hydrogen-bond donors (Lipinski definition) is 0. The largest absolute Gasteiger partial charge is 0.530 e. The molecule has 0 aliphatic rings. The van der Waals surface area contributed by atoms with Crippen LogP contribution >= 0.6 is 7.82 Å². The fraction of sp³-hybridized carbons (Fsp3) is 0.348. The van der Waals surface area contributed by atoms with E-state index < -0.39 is 27.2 Å². The first-order valence-corrected chi connectivity index (χ1v) is 11.7. The van der Waals surface area contributed by atoms with Gasteiger partial charge >= 0.3 is 14.0 Å². The van der Waals surface area contributed by atoms with Gasteiger partial charge in [0, 0.05) is 0 Å². The first-order chi connectivity index (χ1) is 17.1. The summed E-state index contributed by atoms with van der Waals surface area (Å²) in [4.78, 5) is 0. The first kappa shape index (κ1) is 28.8. The lowest BCUT2D eigenvalue weighted by Crippen LogP contribution is -2.18. The fourth-order valence-corrected chi connectivity index (χ4v) is 4.01. The highest BCUT2D eigenvalue weighted by atomic mass is 31.2. The van der Waals surface area contributed by atoms with Crippen molar-refractivity contribution < 1.29 is 50.3 Å². The molecule has 2 aromatic rings. The number of phosphoric ester groups is 1. The van der Waals surface area contributed by atoms with Gasteiger partial charge < -0.3 is 23.5 Å². The smallest absolute Gasteiger partial charge is 0.493 e. The van der Waals surface area contributed by atoms with Crippen LogP contribution in [0, 0.1) is 11.3 Å². The van der Waals surface area contributed by atoms with Gasteiger partial charge in [-0.3, -0.25) is 9.05 Å². The van der Waals surface area contributed by atoms with Gasteiger partial charge in [0.05, 0.1) is 47.5 Å². The topological polar surface area (TPSA) is 105 Å². The van der Waals surface area contributed by atoms with Crippen LogP contribution < -0.4 is 23.5 Å². The molecule has 0 heterocycles. The lowest BCUT2D eigenvalue weighted by atomic mass is 10.1. The third-order valence-electron chi connectivity index (χ3n) is 4.40. The van der Waals surface area contributed by atoms with Gasteiger partial charge in [-0.05, 0) is 35.4 Å². The number of nitriles is 1. The molecule has 0 N–H and O–H groups in total. The van der Waals surface area contributed by atoms with Crippen molar-refractivity contribution in [2.75, 3.05) is 41.7 Å². The molecule has 0 aromatic heterocycles. The van der Waals surface area contributed by atoms with Gasteiger partial charge in [-0.2, -0.15) is 18.4 Å². The van der Waals surface area contributed by atoms with Crippen LogP contribution in [0.2, 0.25) is 0 Å². The van der Waals surface area contributed by atoms with Gasteiger partial charge in [0.2, 0.25) is 5.75 Å². The molecule has 1 unspecified atom stereocenters. The predicted molar refractivity (Wildman–Crippen MR) is 124 cm³/mol. The number of alkyl halides is 3. The Morgan fingerprint density at radius 3 is 1.97 bits per heavy atom. The van der Waals surface area contributed by atoms with Crippen LogP contribution in [0.4, 0.5) is 13.2 Å². The van der Waals surface area contributed by atoms with Crippen molar-refractivity contribution in [2.45, 2.75) is 12.6 Å². The van der Waals surface area contributed by atoms with Gasteiger partial charge in [-0.1, -0.05) is 18.2 Å². The molecule has 196 valence electrons. The van der Waals surface area contributed by atoms with Crippen molar-refractivity contribution in [2.24, 2.45) is 0 Å². The molecule has 0 saturated carbocycles. The molecule has 2 rings (SSSR count). The third kappa shape index (κ3) is 8.37. The minimum absolute atomic E-state index is 0.0691. The SMILES string of the molecule is COc1ccc(C=Cc2cc(OC)c(OC)c(OC)c2)cc1OP(=O)(OCCC#N)OCC(F)(F)F. The second kappa shape index (κ2) is 13.1. The Kier molecular flexibility index (Phi) is 10.5. The predicted octanol–water partition coefficient (Wildman–Crippen LogP) is 5.89. The van der Waals surface area contributed by atoms with E-state index in [2.05, 4.69) is 4.52 Å². The molecule has 9 nitrogen and oxygen atoms in total. The van der Waals surface area contributed by atoms with E-state index in [1.54, 1.807) is 36.4 Å². The van der Waals surface area contributed by atoms with E-state index in [0.29, 0.717) is 28.4 Å². The lowest BCUT2D eigenvalue weighted by molar-refractivity contribution is -0.157. The molecule has 0 radical (unpaired) electrons. The number of hydrogen-bond acceptors (Lipinski definition) is 9. The van der Waals surface area contributed by atoms with E-state index in [4.69, 9.17) is 33.3 Å². The molecule has 0 fully saturated rings. The summed E-state index contributed by atoms with van der Waals surface area (Å²) in [6, 6.07) is 9.63. The van der Waals surface area contributed by atoms with Crippen LogP contribution in [0.25, 0.3) is 12.2 Å². The molecule has 0 bridgehead atoms. The Hall–Kier alpha value is -3.39. The zero-order chi connectivity index (χ0) is 26.8. The molecule has 0 aliphatic heterocycles. The highest BCUT2D eigenvalue weighted by Crippen LogP contribution is 2.52. The Balaban J connectivity index is 2.37. The summed E-state index contributed by atoms with van der Waals surface area (Å²) in [7, 11) is 0.986. The number of benzene rings is 2. The molecule has 0 amide bonds. The van der Waals surface area contributed by atoms with Crippen LogP contribution in [0.15, 0.2) is 30.3 Å². The van der Waals surface area contributed by atoms with Crippen molar-refractivity contribution >= 4 is 20.0 Å². The number of phosphoric acid groups is 1. The Morgan fingerprint density at radius 2 is 1.44 bits per heavy atom. The van der Waals surface area contributed by atoms with Crippen LogP contribution in [-0.4, -0.2) is 47.8 Å². The fourth-order valence-electron chi connectivity index (χ4n) is 2.82. The van der Waals surface area contributed by atoms with E-state index in [0.717, 1.165) is 0 Å². The standard InChI is InChI=1S/C23H25F3NO8P/c1-29-18-9-8-16(6-7-17-13-20(30-2)22(32-4)21(14-17)31-3)12-19(18)35-36(28,33-11-5-10-27)34-15-23(24,25)26/h6-9,12-14H,5,11,15H2,1-4H3. The summed E-state index contributed by atoms with van der Waals surface area (Å²) >= 11 is 0. The maximum Gasteiger partial charge on any atom is 0.530 e. The number of nitrogens with zero attached hydrogens (tertiary/aromatic N) is 1. The molecule has 2 aromatic carbocycles. The minimum atomic E-state index is -4.78. The average Bonchev–Trinajstić information content (AvgIpc) is 2.85. The Labute approximate surface area is 206 Å². The van der Waals surface area contributed by atoms with E-state index in [1.807, 2.05) is 0 Å². The first-order valence-electron chi connectivity index (χ1n) is 10.3. The summed E-state index contributed by atoms with van der Waals surface area (Å²) in [5, 5.41) is 8.65. The van der Waals surface area contributed by atoms with Gasteiger partial charge in [0.1, 0.15) is 0 Å². The number of ether oxygens (including phenoxy) is 4. The Bertz CT molecular complexity index is 1120. The van der Waals surface area contributed by atoms with E-state index in [-0.39, 0.29) is 17.9 Å². The normalized spacial score (nSPS) is 13.1. The molecule has 13 heteroatoms. The van der Waals surface area contributed by atoms with Crippen molar-refractivity contribution in [1.29, 1.82) is 5.26 Å². The third-order valence-corrected chi connectivity index (χ3v) is 5.77. The second-order valence-electron chi connectivity index (χ2n) is 6.87. The minimum Gasteiger partial charge on any atom is -0.493 e. The highest BCUT2D eigenvalue weighted by Gasteiger charge is 2.37. The van der Waals surface area contributed by atoms with Crippen LogP contribution in [0.1, 0.15) is 17.5 Å². The zero-order valence-corrected chi connectivity index (χ0v) is 20.9. The van der Waals surface area contributed by atoms with Crippen molar-refractivity contribution in [3.63, 3.8) is 0 Å². The highest BCUT2D eigenvalue weighted by molar-refractivity contribution is 7.48. The summed E-state index contributed by atoms with van der Waals surface area (Å²) in [5.41, 5.74) is 1.20. The average molecular weight is 531 g/mol. The maximum absolute atomic E-state index is 12.9. The van der Waals surface area contributed by atoms with Crippen LogP contribution in [-0.2, 0) is 13.6 Å². The summed E-state index contributed by atoms with van der Waals surface area (Å²) in [5.74, 6) is 1.18. The summed E-state index contributed by atoms with van der Waals surface area (Å²) in [6.07, 6.45) is -1.66. The molecule has 1 atom stereocenters. The van der Waals surface area contributed by atoms with E-state index in [9.17, 15) is 17.7 Å². The van der Waals surface area contributed by atoms with Gasteiger partial charge in [0.15, 0.2) is 29.6 Å². The summed E-state index contributed by atoms with van der Waals surface area (Å²) in [6.45, 7) is -2.34. The van der Waals surface area contributed by atoms with Crippen molar-refractivity contribution in [3.05, 3.63) is 41.5 Å². The van der Waals surface area contributed by atoms with Gasteiger partial charge in [-0.25, -0.2) is 4.57 Å². The van der Waals surface area contributed by atoms with Gasteiger partial charge in [0.25, 0.3) is 0 Å². The van der Waals surface area contributed by atoms with E-state index in [1.165, 1.54) is 40.6 Å².